The molecule has 1 aliphatic rings. The largest absolute Gasteiger partial charge is 0.479 e. The number of nitrogens with zero attached hydrogens (tertiary/aromatic N) is 2. The summed E-state index contributed by atoms with van der Waals surface area (Å²) in [6, 6.07) is 7.34. The van der Waals surface area contributed by atoms with Gasteiger partial charge in [-0.05, 0) is 24.3 Å². The van der Waals surface area contributed by atoms with Crippen LogP contribution < -0.4 is 9.64 Å². The topological polar surface area (TPSA) is 62.7 Å². The second-order valence-corrected chi connectivity index (χ2v) is 5.69. The molecule has 1 aromatic carbocycles. The smallest absolute Gasteiger partial charge is 0.341 e. The van der Waals surface area contributed by atoms with E-state index in [9.17, 15) is 13.6 Å². The van der Waals surface area contributed by atoms with Crippen molar-refractivity contribution in [1.29, 1.82) is 0 Å². The van der Waals surface area contributed by atoms with Crippen molar-refractivity contribution >= 4 is 11.7 Å². The molecule has 0 bridgehead atoms. The van der Waals surface area contributed by atoms with E-state index >= 15 is 0 Å². The molecule has 5 nitrogen and oxygen atoms in total. The van der Waals surface area contributed by atoms with E-state index in [-0.39, 0.29) is 31.7 Å². The fraction of sp³-hybridized carbons (Fsp3) is 0.294. The molecule has 0 amide bonds. The van der Waals surface area contributed by atoms with Gasteiger partial charge >= 0.3 is 5.97 Å². The first-order chi connectivity index (χ1) is 11.5. The van der Waals surface area contributed by atoms with Crippen molar-refractivity contribution in [3.8, 4) is 11.5 Å². The molecular formula is C17H16F2N2O3. The number of carboxylic acid groups (broad SMARTS) is 1. The highest BCUT2D eigenvalue weighted by Gasteiger charge is 2.41. The molecular weight excluding hydrogens is 318 g/mol. The molecule has 1 aromatic heterocycles. The van der Waals surface area contributed by atoms with Crippen molar-refractivity contribution < 1.29 is 23.4 Å². The fourth-order valence-electron chi connectivity index (χ4n) is 2.61. The van der Waals surface area contributed by atoms with Crippen molar-refractivity contribution in [2.24, 2.45) is 0 Å². The Morgan fingerprint density at radius 2 is 1.83 bits per heavy atom. The van der Waals surface area contributed by atoms with Crippen LogP contribution in [0.1, 0.15) is 12.8 Å². The predicted molar refractivity (Wildman–Crippen MR) is 83.6 cm³/mol. The van der Waals surface area contributed by atoms with Crippen LogP contribution in [0.15, 0.2) is 42.7 Å². The number of hydrogen-bond donors (Lipinski definition) is 1. The molecule has 2 heterocycles. The lowest BCUT2D eigenvalue weighted by Crippen LogP contribution is -2.46. The third-order valence-corrected chi connectivity index (χ3v) is 4.05. The number of rotatable bonds is 4. The number of alkyl halides is 1. The molecule has 3 rings (SSSR count). The number of carboxylic acids is 1. The highest BCUT2D eigenvalue weighted by Crippen LogP contribution is 2.31. The molecule has 1 N–H and O–H groups in total. The van der Waals surface area contributed by atoms with E-state index in [2.05, 4.69) is 4.98 Å². The van der Waals surface area contributed by atoms with Crippen LogP contribution in [0, 0.1) is 5.82 Å². The maximum atomic E-state index is 14.1. The summed E-state index contributed by atoms with van der Waals surface area (Å²) in [5, 5.41) is 8.93. The normalized spacial score (nSPS) is 16.7. The molecule has 0 atom stereocenters. The van der Waals surface area contributed by atoms with Gasteiger partial charge in [0.1, 0.15) is 17.3 Å². The second-order valence-electron chi connectivity index (χ2n) is 5.69. The number of aliphatic carboxylic acids is 1. The molecule has 1 fully saturated rings. The number of pyridine rings is 1. The molecule has 0 saturated carbocycles. The van der Waals surface area contributed by atoms with E-state index < -0.39 is 11.6 Å². The predicted octanol–water partition coefficient (Wildman–Crippen LogP) is 3.41. The zero-order valence-corrected chi connectivity index (χ0v) is 12.8. The van der Waals surface area contributed by atoms with Gasteiger partial charge in [-0.25, -0.2) is 13.6 Å². The van der Waals surface area contributed by atoms with Gasteiger partial charge in [0.25, 0.3) is 0 Å². The quantitative estimate of drug-likeness (QED) is 0.928. The molecule has 24 heavy (non-hydrogen) atoms. The zero-order valence-electron chi connectivity index (χ0n) is 12.8. The molecule has 0 aliphatic carbocycles. The van der Waals surface area contributed by atoms with Gasteiger partial charge in [0.2, 0.25) is 5.67 Å². The van der Waals surface area contributed by atoms with Gasteiger partial charge in [-0.2, -0.15) is 0 Å². The van der Waals surface area contributed by atoms with Crippen molar-refractivity contribution in [2.45, 2.75) is 18.5 Å². The number of aromatic nitrogens is 1. The lowest BCUT2D eigenvalue weighted by atomic mass is 9.93. The molecule has 1 aliphatic heterocycles. The van der Waals surface area contributed by atoms with Crippen molar-refractivity contribution in [1.82, 2.24) is 4.98 Å². The van der Waals surface area contributed by atoms with Crippen LogP contribution in [0.3, 0.4) is 0 Å². The molecule has 0 unspecified atom stereocenters. The van der Waals surface area contributed by atoms with Crippen molar-refractivity contribution in [2.75, 3.05) is 18.0 Å². The minimum atomic E-state index is -2.16. The molecule has 126 valence electrons. The minimum absolute atomic E-state index is 0.0780. The fourth-order valence-corrected chi connectivity index (χ4v) is 2.61. The summed E-state index contributed by atoms with van der Waals surface area (Å²) in [5.41, 5.74) is -1.44. The Bertz CT molecular complexity index is 729. The third-order valence-electron chi connectivity index (χ3n) is 4.05. The number of anilines is 1. The Labute approximate surface area is 137 Å². The van der Waals surface area contributed by atoms with Gasteiger partial charge in [-0.3, -0.25) is 4.98 Å². The monoisotopic (exact) mass is 334 g/mol. The number of hydrogen-bond acceptors (Lipinski definition) is 4. The first-order valence-corrected chi connectivity index (χ1v) is 7.52. The minimum Gasteiger partial charge on any atom is -0.479 e. The van der Waals surface area contributed by atoms with E-state index in [1.165, 1.54) is 30.5 Å². The van der Waals surface area contributed by atoms with Crippen LogP contribution in [-0.2, 0) is 4.79 Å². The Kier molecular flexibility index (Phi) is 4.33. The molecule has 0 spiro atoms. The maximum absolute atomic E-state index is 14.1. The van der Waals surface area contributed by atoms with Crippen LogP contribution in [0.2, 0.25) is 0 Å². The molecule has 7 heteroatoms. The Morgan fingerprint density at radius 1 is 1.17 bits per heavy atom. The van der Waals surface area contributed by atoms with Crippen LogP contribution in [0.25, 0.3) is 0 Å². The lowest BCUT2D eigenvalue weighted by Gasteiger charge is -2.35. The zero-order chi connectivity index (χ0) is 17.2. The second kappa shape index (κ2) is 6.43. The van der Waals surface area contributed by atoms with E-state index in [0.717, 1.165) is 5.69 Å². The average molecular weight is 334 g/mol. The number of carbonyl (C=O) groups is 1. The molecule has 0 radical (unpaired) electrons. The molecule has 1 saturated heterocycles. The van der Waals surface area contributed by atoms with Crippen LogP contribution in [0.4, 0.5) is 14.5 Å². The Balaban J connectivity index is 1.70. The summed E-state index contributed by atoms with van der Waals surface area (Å²) in [6.45, 7) is 0.564. The Hall–Kier alpha value is -2.70. The summed E-state index contributed by atoms with van der Waals surface area (Å²) in [6.07, 6.45) is 2.98. The number of ether oxygens (including phenoxy) is 1. The Morgan fingerprint density at radius 3 is 2.46 bits per heavy atom. The average Bonchev–Trinajstić information content (AvgIpc) is 2.58. The van der Waals surface area contributed by atoms with E-state index in [1.54, 1.807) is 12.3 Å². The SMILES string of the molecule is O=C(O)C1(F)CCN(c2cncc(Oc3ccc(F)cc3)c2)CC1. The summed E-state index contributed by atoms with van der Waals surface area (Å²) < 4.78 is 32.6. The third kappa shape index (κ3) is 3.45. The maximum Gasteiger partial charge on any atom is 0.341 e. The van der Waals surface area contributed by atoms with Gasteiger partial charge < -0.3 is 14.7 Å². The van der Waals surface area contributed by atoms with Crippen molar-refractivity contribution in [3.05, 3.63) is 48.5 Å². The van der Waals surface area contributed by atoms with E-state index in [1.807, 2.05) is 4.90 Å². The number of halogens is 2. The van der Waals surface area contributed by atoms with Gasteiger partial charge in [0, 0.05) is 32.0 Å². The lowest BCUT2D eigenvalue weighted by molar-refractivity contribution is -0.152. The van der Waals surface area contributed by atoms with Gasteiger partial charge in [0.05, 0.1) is 18.1 Å². The molecule has 2 aromatic rings. The highest BCUT2D eigenvalue weighted by atomic mass is 19.1. The first kappa shape index (κ1) is 16.2. The van der Waals surface area contributed by atoms with Crippen molar-refractivity contribution in [3.63, 3.8) is 0 Å². The first-order valence-electron chi connectivity index (χ1n) is 7.52. The number of benzene rings is 1. The number of piperidine rings is 1. The summed E-state index contributed by atoms with van der Waals surface area (Å²) in [5.74, 6) is -0.818. The van der Waals surface area contributed by atoms with Crippen LogP contribution >= 0.6 is 0 Å². The van der Waals surface area contributed by atoms with Gasteiger partial charge in [-0.1, -0.05) is 0 Å². The standard InChI is InChI=1S/C17H16F2N2O3/c18-12-1-3-14(4-2-12)24-15-9-13(10-20-11-15)21-7-5-17(19,6-8-21)16(22)23/h1-4,9-11H,5-8H2,(H,22,23). The van der Waals surface area contributed by atoms with Crippen LogP contribution in [-0.4, -0.2) is 34.8 Å². The van der Waals surface area contributed by atoms with Gasteiger partial charge in [0.15, 0.2) is 0 Å². The van der Waals surface area contributed by atoms with Crippen LogP contribution in [0.5, 0.6) is 11.5 Å². The summed E-state index contributed by atoms with van der Waals surface area (Å²) >= 11 is 0. The van der Waals surface area contributed by atoms with Gasteiger partial charge in [-0.15, -0.1) is 0 Å². The summed E-state index contributed by atoms with van der Waals surface area (Å²) in [7, 11) is 0. The summed E-state index contributed by atoms with van der Waals surface area (Å²) in [4.78, 5) is 16.9. The van der Waals surface area contributed by atoms with E-state index in [0.29, 0.717) is 11.5 Å². The highest BCUT2D eigenvalue weighted by molar-refractivity contribution is 5.77. The van der Waals surface area contributed by atoms with E-state index in [4.69, 9.17) is 9.84 Å².